The molecular weight excluding hydrogens is 254 g/mol. The van der Waals surface area contributed by atoms with Crippen molar-refractivity contribution in [2.75, 3.05) is 18.9 Å². The monoisotopic (exact) mass is 267 g/mol. The van der Waals surface area contributed by atoms with Gasteiger partial charge in [0.2, 0.25) is 0 Å². The minimum absolute atomic E-state index is 0.551. The van der Waals surface area contributed by atoms with E-state index in [0.29, 0.717) is 36.3 Å². The normalized spacial score (nSPS) is 10.8. The maximum Gasteiger partial charge on any atom is 0.184 e. The molecule has 1 aromatic carbocycles. The highest BCUT2D eigenvalue weighted by molar-refractivity contribution is 6.31. The summed E-state index contributed by atoms with van der Waals surface area (Å²) in [6.07, 6.45) is 0. The van der Waals surface area contributed by atoms with E-state index in [1.807, 2.05) is 6.92 Å². The molecular formula is C11H14ClN5O. The van der Waals surface area contributed by atoms with Crippen molar-refractivity contribution >= 4 is 17.3 Å². The number of tetrazole rings is 1. The van der Waals surface area contributed by atoms with E-state index in [1.165, 1.54) is 0 Å². The van der Waals surface area contributed by atoms with Crippen LogP contribution in [0.2, 0.25) is 5.02 Å². The lowest BCUT2D eigenvalue weighted by Gasteiger charge is -2.07. The van der Waals surface area contributed by atoms with Gasteiger partial charge in [0.25, 0.3) is 0 Å². The van der Waals surface area contributed by atoms with E-state index in [0.717, 1.165) is 5.56 Å². The van der Waals surface area contributed by atoms with E-state index >= 15 is 0 Å². The van der Waals surface area contributed by atoms with Crippen LogP contribution in [0.5, 0.6) is 0 Å². The van der Waals surface area contributed by atoms with Crippen molar-refractivity contribution in [2.24, 2.45) is 0 Å². The fraction of sp³-hybridized carbons (Fsp3) is 0.364. The molecule has 96 valence electrons. The number of nitrogens with two attached hydrogens (primary N) is 1. The Labute approximate surface area is 110 Å². The number of rotatable bonds is 5. The van der Waals surface area contributed by atoms with Gasteiger partial charge in [-0.3, -0.25) is 0 Å². The average molecular weight is 268 g/mol. The van der Waals surface area contributed by atoms with Gasteiger partial charge in [0.1, 0.15) is 0 Å². The largest absolute Gasteiger partial charge is 0.398 e. The molecule has 0 aliphatic heterocycles. The molecule has 0 saturated carbocycles. The third-order valence-corrected chi connectivity index (χ3v) is 2.67. The van der Waals surface area contributed by atoms with E-state index in [2.05, 4.69) is 15.5 Å². The first-order chi connectivity index (χ1) is 8.72. The predicted octanol–water partition coefficient (Wildman–Crippen LogP) is 1.61. The quantitative estimate of drug-likeness (QED) is 0.658. The Kier molecular flexibility index (Phi) is 4.11. The predicted molar refractivity (Wildman–Crippen MR) is 69.2 cm³/mol. The van der Waals surface area contributed by atoms with Crippen molar-refractivity contribution in [3.8, 4) is 11.4 Å². The first-order valence-corrected chi connectivity index (χ1v) is 5.99. The molecule has 0 spiro atoms. The van der Waals surface area contributed by atoms with Crippen LogP contribution in [0.4, 0.5) is 5.69 Å². The Hall–Kier alpha value is -1.66. The van der Waals surface area contributed by atoms with Crippen LogP contribution in [0.25, 0.3) is 11.4 Å². The highest BCUT2D eigenvalue weighted by Gasteiger charge is 2.11. The van der Waals surface area contributed by atoms with Crippen molar-refractivity contribution in [2.45, 2.75) is 13.5 Å². The molecule has 0 atom stereocenters. The van der Waals surface area contributed by atoms with E-state index < -0.39 is 0 Å². The minimum Gasteiger partial charge on any atom is -0.398 e. The lowest BCUT2D eigenvalue weighted by molar-refractivity contribution is 0.136. The average Bonchev–Trinajstić information content (AvgIpc) is 2.78. The van der Waals surface area contributed by atoms with E-state index in [1.54, 1.807) is 22.9 Å². The maximum absolute atomic E-state index is 5.91. The number of hydrogen-bond acceptors (Lipinski definition) is 5. The molecule has 0 aliphatic rings. The molecule has 1 heterocycles. The van der Waals surface area contributed by atoms with Gasteiger partial charge in [0.15, 0.2) is 5.82 Å². The van der Waals surface area contributed by atoms with Crippen molar-refractivity contribution in [3.05, 3.63) is 23.2 Å². The molecule has 2 aromatic rings. The second-order valence-electron chi connectivity index (χ2n) is 3.65. The highest BCUT2D eigenvalue weighted by Crippen LogP contribution is 2.26. The van der Waals surface area contributed by atoms with Crippen LogP contribution < -0.4 is 5.73 Å². The molecule has 0 amide bonds. The standard InChI is InChI=1S/C11H14ClN5O/c1-2-18-6-5-17-11(14-15-16-17)9-4-3-8(12)7-10(9)13/h3-4,7H,2,5-6,13H2,1H3. The lowest BCUT2D eigenvalue weighted by Crippen LogP contribution is -2.09. The number of aromatic nitrogens is 4. The molecule has 2 N–H and O–H groups in total. The van der Waals surface area contributed by atoms with Crippen LogP contribution in [0.3, 0.4) is 0 Å². The van der Waals surface area contributed by atoms with Gasteiger partial charge < -0.3 is 10.5 Å². The summed E-state index contributed by atoms with van der Waals surface area (Å²) in [5.74, 6) is 0.615. The molecule has 0 fully saturated rings. The van der Waals surface area contributed by atoms with E-state index in [4.69, 9.17) is 22.1 Å². The summed E-state index contributed by atoms with van der Waals surface area (Å²) in [4.78, 5) is 0. The zero-order chi connectivity index (χ0) is 13.0. The summed E-state index contributed by atoms with van der Waals surface area (Å²) in [7, 11) is 0. The fourth-order valence-corrected chi connectivity index (χ4v) is 1.76. The van der Waals surface area contributed by atoms with Gasteiger partial charge in [0.05, 0.1) is 13.2 Å². The van der Waals surface area contributed by atoms with Crippen molar-refractivity contribution in [1.29, 1.82) is 0 Å². The Morgan fingerprint density at radius 1 is 1.44 bits per heavy atom. The zero-order valence-corrected chi connectivity index (χ0v) is 10.8. The van der Waals surface area contributed by atoms with Gasteiger partial charge in [-0.2, -0.15) is 0 Å². The zero-order valence-electron chi connectivity index (χ0n) is 10.0. The number of nitrogens with zero attached hydrogens (tertiary/aromatic N) is 4. The van der Waals surface area contributed by atoms with Gasteiger partial charge in [-0.25, -0.2) is 4.68 Å². The van der Waals surface area contributed by atoms with Crippen LogP contribution >= 0.6 is 11.6 Å². The first kappa shape index (κ1) is 12.8. The molecule has 7 heteroatoms. The number of benzene rings is 1. The third-order valence-electron chi connectivity index (χ3n) is 2.44. The Bertz CT molecular complexity index is 528. The number of hydrogen-bond donors (Lipinski definition) is 1. The Morgan fingerprint density at radius 2 is 2.28 bits per heavy atom. The molecule has 18 heavy (non-hydrogen) atoms. The molecule has 0 saturated heterocycles. The molecule has 0 radical (unpaired) electrons. The summed E-state index contributed by atoms with van der Waals surface area (Å²) in [5.41, 5.74) is 7.23. The fourth-order valence-electron chi connectivity index (χ4n) is 1.58. The lowest BCUT2D eigenvalue weighted by atomic mass is 10.1. The van der Waals surface area contributed by atoms with Crippen LogP contribution in [0, 0.1) is 0 Å². The van der Waals surface area contributed by atoms with Gasteiger partial charge >= 0.3 is 0 Å². The molecule has 0 unspecified atom stereocenters. The topological polar surface area (TPSA) is 78.8 Å². The summed E-state index contributed by atoms with van der Waals surface area (Å²) < 4.78 is 6.94. The van der Waals surface area contributed by atoms with Crippen molar-refractivity contribution in [3.63, 3.8) is 0 Å². The SMILES string of the molecule is CCOCCn1nnnc1-c1ccc(Cl)cc1N. The molecule has 2 rings (SSSR count). The number of halogens is 1. The molecule has 0 bridgehead atoms. The summed E-state index contributed by atoms with van der Waals surface area (Å²) >= 11 is 5.86. The van der Waals surface area contributed by atoms with Crippen LogP contribution in [-0.2, 0) is 11.3 Å². The number of nitrogen functional groups attached to an aromatic ring is 1. The Morgan fingerprint density at radius 3 is 3.00 bits per heavy atom. The summed E-state index contributed by atoms with van der Waals surface area (Å²) in [6.45, 7) is 3.75. The second-order valence-corrected chi connectivity index (χ2v) is 4.09. The van der Waals surface area contributed by atoms with E-state index in [-0.39, 0.29) is 0 Å². The number of ether oxygens (including phenoxy) is 1. The minimum atomic E-state index is 0.551. The van der Waals surface area contributed by atoms with E-state index in [9.17, 15) is 0 Å². The second kappa shape index (κ2) is 5.79. The third kappa shape index (κ3) is 2.77. The highest BCUT2D eigenvalue weighted by atomic mass is 35.5. The summed E-state index contributed by atoms with van der Waals surface area (Å²) in [6, 6.07) is 5.24. The van der Waals surface area contributed by atoms with Crippen molar-refractivity contribution in [1.82, 2.24) is 20.2 Å². The van der Waals surface area contributed by atoms with Gasteiger partial charge in [0, 0.05) is 22.9 Å². The number of anilines is 1. The van der Waals surface area contributed by atoms with Gasteiger partial charge in [-0.1, -0.05) is 11.6 Å². The molecule has 6 nitrogen and oxygen atoms in total. The van der Waals surface area contributed by atoms with Gasteiger partial charge in [-0.15, -0.1) is 5.10 Å². The Balaban J connectivity index is 2.25. The summed E-state index contributed by atoms with van der Waals surface area (Å²) in [5, 5.41) is 12.1. The molecule has 1 aromatic heterocycles. The smallest absolute Gasteiger partial charge is 0.184 e. The maximum atomic E-state index is 5.91. The first-order valence-electron chi connectivity index (χ1n) is 5.61. The van der Waals surface area contributed by atoms with Crippen LogP contribution in [0.1, 0.15) is 6.92 Å². The van der Waals surface area contributed by atoms with Crippen molar-refractivity contribution < 1.29 is 4.74 Å². The van der Waals surface area contributed by atoms with Crippen LogP contribution in [0.15, 0.2) is 18.2 Å². The van der Waals surface area contributed by atoms with Crippen LogP contribution in [-0.4, -0.2) is 33.4 Å². The molecule has 0 aliphatic carbocycles. The van der Waals surface area contributed by atoms with Gasteiger partial charge in [-0.05, 0) is 35.5 Å².